The zero-order valence-corrected chi connectivity index (χ0v) is 15.0. The second-order valence-electron chi connectivity index (χ2n) is 5.75. The molecular weight excluding hydrogens is 333 g/mol. The van der Waals surface area contributed by atoms with Gasteiger partial charge >= 0.3 is 0 Å². The van der Waals surface area contributed by atoms with Crippen molar-refractivity contribution in [1.29, 1.82) is 0 Å². The summed E-state index contributed by atoms with van der Waals surface area (Å²) in [6.07, 6.45) is -0.777. The first-order valence-electron chi connectivity index (χ1n) is 8.76. The Labute approximate surface area is 153 Å². The highest BCUT2D eigenvalue weighted by molar-refractivity contribution is 5.79. The Hall–Kier alpha value is -2.44. The Morgan fingerprint density at radius 2 is 1.85 bits per heavy atom. The van der Waals surface area contributed by atoms with Gasteiger partial charge in [-0.25, -0.2) is 4.39 Å². The molecule has 1 unspecified atom stereocenters. The second-order valence-corrected chi connectivity index (χ2v) is 5.75. The molecule has 0 aliphatic carbocycles. The molecule has 0 spiro atoms. The standard InChI is InChI=1S/C20H26FN3O2/c1-2-22-20(23-12-13-26-15-16-6-4-3-5-7-16)24-14-19(25)17-8-10-18(21)11-9-17/h3-11,19,25H,2,12-15H2,1H3,(H2,22,23,24). The van der Waals surface area contributed by atoms with Crippen molar-refractivity contribution in [3.63, 3.8) is 0 Å². The minimum absolute atomic E-state index is 0.186. The zero-order valence-electron chi connectivity index (χ0n) is 15.0. The molecule has 0 bridgehead atoms. The largest absolute Gasteiger partial charge is 0.386 e. The average molecular weight is 359 g/mol. The quantitative estimate of drug-likeness (QED) is 0.366. The van der Waals surface area contributed by atoms with Crippen LogP contribution in [0.25, 0.3) is 0 Å². The van der Waals surface area contributed by atoms with Gasteiger partial charge in [0.05, 0.1) is 25.9 Å². The normalized spacial score (nSPS) is 12.7. The molecule has 3 N–H and O–H groups in total. The Morgan fingerprint density at radius 1 is 1.12 bits per heavy atom. The third-order valence-corrected chi connectivity index (χ3v) is 3.67. The van der Waals surface area contributed by atoms with Crippen LogP contribution < -0.4 is 10.6 Å². The highest BCUT2D eigenvalue weighted by Crippen LogP contribution is 2.13. The van der Waals surface area contributed by atoms with Gasteiger partial charge in [-0.1, -0.05) is 42.5 Å². The number of guanidine groups is 1. The zero-order chi connectivity index (χ0) is 18.6. The monoisotopic (exact) mass is 359 g/mol. The lowest BCUT2D eigenvalue weighted by molar-refractivity contribution is 0.125. The van der Waals surface area contributed by atoms with E-state index in [4.69, 9.17) is 4.74 Å². The van der Waals surface area contributed by atoms with Gasteiger partial charge in [-0.2, -0.15) is 0 Å². The molecule has 26 heavy (non-hydrogen) atoms. The maximum absolute atomic E-state index is 12.9. The van der Waals surface area contributed by atoms with Gasteiger partial charge in [-0.3, -0.25) is 4.99 Å². The number of hydrogen-bond acceptors (Lipinski definition) is 3. The number of aliphatic hydroxyl groups excluding tert-OH is 1. The van der Waals surface area contributed by atoms with E-state index >= 15 is 0 Å². The van der Waals surface area contributed by atoms with Crippen molar-refractivity contribution in [2.24, 2.45) is 4.99 Å². The molecule has 0 aliphatic heterocycles. The number of benzene rings is 2. The summed E-state index contributed by atoms with van der Waals surface area (Å²) in [5.41, 5.74) is 1.77. The SMILES string of the molecule is CCNC(=NCC(O)c1ccc(F)cc1)NCCOCc1ccccc1. The third kappa shape index (κ3) is 7.21. The van der Waals surface area contributed by atoms with Gasteiger partial charge in [0, 0.05) is 13.1 Å². The molecule has 0 saturated heterocycles. The van der Waals surface area contributed by atoms with Gasteiger partial charge in [0.15, 0.2) is 5.96 Å². The van der Waals surface area contributed by atoms with Gasteiger partial charge in [0.1, 0.15) is 5.82 Å². The molecule has 5 nitrogen and oxygen atoms in total. The molecule has 2 aromatic rings. The topological polar surface area (TPSA) is 65.9 Å². The molecule has 1 atom stereocenters. The Balaban J connectivity index is 1.74. The van der Waals surface area contributed by atoms with E-state index in [1.165, 1.54) is 12.1 Å². The lowest BCUT2D eigenvalue weighted by Gasteiger charge is -2.13. The Morgan fingerprint density at radius 3 is 2.54 bits per heavy atom. The first-order chi connectivity index (χ1) is 12.7. The maximum Gasteiger partial charge on any atom is 0.191 e. The fraction of sp³-hybridized carbons (Fsp3) is 0.350. The van der Waals surface area contributed by atoms with Crippen LogP contribution in [-0.2, 0) is 11.3 Å². The van der Waals surface area contributed by atoms with E-state index in [0.717, 1.165) is 5.56 Å². The van der Waals surface area contributed by atoms with Crippen LogP contribution in [0.2, 0.25) is 0 Å². The van der Waals surface area contributed by atoms with E-state index in [0.29, 0.717) is 37.8 Å². The fourth-order valence-corrected chi connectivity index (χ4v) is 2.32. The highest BCUT2D eigenvalue weighted by atomic mass is 19.1. The van der Waals surface area contributed by atoms with Crippen molar-refractivity contribution in [1.82, 2.24) is 10.6 Å². The number of aliphatic hydroxyl groups is 1. The summed E-state index contributed by atoms with van der Waals surface area (Å²) in [4.78, 5) is 4.36. The molecule has 0 fully saturated rings. The number of nitrogens with one attached hydrogen (secondary N) is 2. The fourth-order valence-electron chi connectivity index (χ4n) is 2.32. The van der Waals surface area contributed by atoms with E-state index in [2.05, 4.69) is 15.6 Å². The van der Waals surface area contributed by atoms with Gasteiger partial charge in [-0.05, 0) is 30.2 Å². The van der Waals surface area contributed by atoms with Crippen molar-refractivity contribution in [3.8, 4) is 0 Å². The summed E-state index contributed by atoms with van der Waals surface area (Å²) in [7, 11) is 0. The highest BCUT2D eigenvalue weighted by Gasteiger charge is 2.07. The van der Waals surface area contributed by atoms with Crippen LogP contribution in [0.4, 0.5) is 4.39 Å². The summed E-state index contributed by atoms with van der Waals surface area (Å²) in [5.74, 6) is 0.284. The first kappa shape index (κ1) is 19.9. The molecule has 140 valence electrons. The predicted octanol–water partition coefficient (Wildman–Crippen LogP) is 2.63. The molecule has 0 amide bonds. The number of rotatable bonds is 9. The summed E-state index contributed by atoms with van der Waals surface area (Å²) in [5, 5.41) is 16.4. The smallest absolute Gasteiger partial charge is 0.191 e. The van der Waals surface area contributed by atoms with Crippen molar-refractivity contribution in [3.05, 3.63) is 71.5 Å². The number of ether oxygens (including phenoxy) is 1. The van der Waals surface area contributed by atoms with E-state index in [-0.39, 0.29) is 12.4 Å². The third-order valence-electron chi connectivity index (χ3n) is 3.67. The predicted molar refractivity (Wildman–Crippen MR) is 101 cm³/mol. The van der Waals surface area contributed by atoms with Crippen LogP contribution in [0.3, 0.4) is 0 Å². The molecule has 6 heteroatoms. The van der Waals surface area contributed by atoms with Gasteiger partial charge in [-0.15, -0.1) is 0 Å². The molecule has 0 radical (unpaired) electrons. The molecule has 0 heterocycles. The molecule has 0 saturated carbocycles. The summed E-state index contributed by atoms with van der Waals surface area (Å²) < 4.78 is 18.6. The molecular formula is C20H26FN3O2. The average Bonchev–Trinajstić information content (AvgIpc) is 2.67. The minimum Gasteiger partial charge on any atom is -0.386 e. The van der Waals surface area contributed by atoms with Crippen molar-refractivity contribution in [2.75, 3.05) is 26.2 Å². The van der Waals surface area contributed by atoms with Gasteiger partial charge in [0.2, 0.25) is 0 Å². The van der Waals surface area contributed by atoms with Crippen LogP contribution >= 0.6 is 0 Å². The Kier molecular flexibility index (Phi) is 8.59. The van der Waals surface area contributed by atoms with Gasteiger partial charge in [0.25, 0.3) is 0 Å². The molecule has 0 aromatic heterocycles. The van der Waals surface area contributed by atoms with E-state index in [1.807, 2.05) is 37.3 Å². The first-order valence-corrected chi connectivity index (χ1v) is 8.76. The van der Waals surface area contributed by atoms with Crippen LogP contribution in [0.15, 0.2) is 59.6 Å². The van der Waals surface area contributed by atoms with Crippen LogP contribution in [0.5, 0.6) is 0 Å². The second kappa shape index (κ2) is 11.2. The minimum atomic E-state index is -0.777. The number of halogens is 1. The maximum atomic E-state index is 12.9. The van der Waals surface area contributed by atoms with Crippen LogP contribution in [0.1, 0.15) is 24.2 Å². The van der Waals surface area contributed by atoms with E-state index in [9.17, 15) is 9.50 Å². The summed E-state index contributed by atoms with van der Waals surface area (Å²) in [6, 6.07) is 15.8. The van der Waals surface area contributed by atoms with E-state index < -0.39 is 6.10 Å². The summed E-state index contributed by atoms with van der Waals surface area (Å²) >= 11 is 0. The van der Waals surface area contributed by atoms with Crippen molar-refractivity contribution >= 4 is 5.96 Å². The molecule has 0 aliphatic rings. The lowest BCUT2D eigenvalue weighted by Crippen LogP contribution is -2.39. The molecule has 2 rings (SSSR count). The molecule has 2 aromatic carbocycles. The van der Waals surface area contributed by atoms with Crippen molar-refractivity contribution < 1.29 is 14.2 Å². The number of aliphatic imine (C=N–C) groups is 1. The van der Waals surface area contributed by atoms with Gasteiger partial charge < -0.3 is 20.5 Å². The summed E-state index contributed by atoms with van der Waals surface area (Å²) in [6.45, 7) is 4.58. The number of hydrogen-bond donors (Lipinski definition) is 3. The number of nitrogens with zero attached hydrogens (tertiary/aromatic N) is 1. The van der Waals surface area contributed by atoms with E-state index in [1.54, 1.807) is 12.1 Å². The Bertz CT molecular complexity index is 663. The van der Waals surface area contributed by atoms with Crippen LogP contribution in [-0.4, -0.2) is 37.3 Å². The van der Waals surface area contributed by atoms with Crippen LogP contribution in [0, 0.1) is 5.82 Å². The lowest BCUT2D eigenvalue weighted by atomic mass is 10.1. The van der Waals surface area contributed by atoms with Crippen molar-refractivity contribution in [2.45, 2.75) is 19.6 Å².